The van der Waals surface area contributed by atoms with Gasteiger partial charge >= 0.3 is 0 Å². The number of carbonyl (C=O) groups excluding carboxylic acids is 2. The van der Waals surface area contributed by atoms with Crippen molar-refractivity contribution in [2.45, 2.75) is 45.1 Å². The summed E-state index contributed by atoms with van der Waals surface area (Å²) in [5.74, 6) is -0.765. The van der Waals surface area contributed by atoms with Crippen molar-refractivity contribution >= 4 is 32.2 Å². The average molecular weight is 473 g/mol. The summed E-state index contributed by atoms with van der Waals surface area (Å²) in [6.07, 6.45) is -1.16. The molecule has 7 nitrogen and oxygen atoms in total. The van der Waals surface area contributed by atoms with Crippen LogP contribution in [-0.4, -0.2) is 69.9 Å². The first-order valence-corrected chi connectivity index (χ1v) is 14.2. The van der Waals surface area contributed by atoms with Gasteiger partial charge in [-0.1, -0.05) is 20.8 Å². The molecule has 0 spiro atoms. The van der Waals surface area contributed by atoms with Gasteiger partial charge in [0, 0.05) is 31.0 Å². The van der Waals surface area contributed by atoms with Crippen LogP contribution < -0.4 is 5.32 Å². The lowest BCUT2D eigenvalue weighted by Gasteiger charge is -2.36. The number of ether oxygens (including phenoxy) is 1. The van der Waals surface area contributed by atoms with Crippen molar-refractivity contribution in [2.24, 2.45) is 0 Å². The van der Waals surface area contributed by atoms with Gasteiger partial charge in [-0.3, -0.25) is 13.8 Å². The quantitative estimate of drug-likeness (QED) is 0.257. The molecule has 0 aromatic heterocycles. The molecule has 1 atom stereocenters. The molecule has 1 aliphatic rings. The number of hydrogen-bond acceptors (Lipinski definition) is 6. The Morgan fingerprint density at radius 2 is 1.84 bits per heavy atom. The highest BCUT2D eigenvalue weighted by molar-refractivity contribution is 7.94. The maximum atomic E-state index is 13.1. The van der Waals surface area contributed by atoms with Gasteiger partial charge in [0.25, 0.3) is 11.8 Å². The molecule has 1 aromatic rings. The molecule has 1 aliphatic heterocycles. The number of nitrogens with one attached hydrogen (secondary N) is 1. The molecule has 2 rings (SSSR count). The van der Waals surface area contributed by atoms with E-state index in [-0.39, 0.29) is 16.5 Å². The number of morpholine rings is 1. The molecule has 1 saturated heterocycles. The lowest BCUT2D eigenvalue weighted by Crippen LogP contribution is -2.52. The predicted molar refractivity (Wildman–Crippen MR) is 122 cm³/mol. The summed E-state index contributed by atoms with van der Waals surface area (Å²) < 4.78 is 30.2. The van der Waals surface area contributed by atoms with Gasteiger partial charge < -0.3 is 19.4 Å². The van der Waals surface area contributed by atoms with E-state index in [2.05, 4.69) is 39.2 Å². The van der Waals surface area contributed by atoms with Crippen LogP contribution >= 0.6 is 12.0 Å². The fourth-order valence-electron chi connectivity index (χ4n) is 2.54. The van der Waals surface area contributed by atoms with Gasteiger partial charge in [-0.15, -0.1) is 0 Å². The molecule has 1 aromatic carbocycles. The molecular formula is C21H33FN2O5SSi. The van der Waals surface area contributed by atoms with Crippen LogP contribution in [-0.2, 0) is 18.1 Å². The first kappa shape index (κ1) is 25.8. The number of halogens is 1. The number of hydrogen-bond donors (Lipinski definition) is 1. The Labute approximate surface area is 189 Å². The lowest BCUT2D eigenvalue weighted by atomic mass is 10.2. The Kier molecular flexibility index (Phi) is 9.50. The molecule has 0 aliphatic carbocycles. The third-order valence-corrected chi connectivity index (χ3v) is 10.7. The molecule has 1 fully saturated rings. The van der Waals surface area contributed by atoms with E-state index in [9.17, 15) is 14.0 Å². The average Bonchev–Trinajstić information content (AvgIpc) is 2.72. The number of rotatable bonds is 9. The monoisotopic (exact) mass is 472 g/mol. The highest BCUT2D eigenvalue weighted by Crippen LogP contribution is 2.36. The van der Waals surface area contributed by atoms with E-state index < -0.39 is 26.3 Å². The van der Waals surface area contributed by atoms with Gasteiger partial charge in [-0.2, -0.15) is 0 Å². The van der Waals surface area contributed by atoms with E-state index in [1.165, 1.54) is 24.3 Å². The molecule has 2 amide bonds. The van der Waals surface area contributed by atoms with Crippen LogP contribution in [0.1, 0.15) is 31.1 Å². The summed E-state index contributed by atoms with van der Waals surface area (Å²) in [6.45, 7) is 13.1. The molecule has 1 N–H and O–H groups in total. The third kappa shape index (κ3) is 7.87. The number of benzene rings is 1. The largest absolute Gasteiger partial charge is 0.416 e. The zero-order valence-corrected chi connectivity index (χ0v) is 20.7. The van der Waals surface area contributed by atoms with Crippen molar-refractivity contribution in [1.29, 1.82) is 0 Å². The van der Waals surface area contributed by atoms with Crippen LogP contribution in [0.3, 0.4) is 0 Å². The van der Waals surface area contributed by atoms with E-state index in [1.54, 1.807) is 4.90 Å². The SMILES string of the molecule is CC(C)(C)[Si](C)(C)OCCSO[C@H](NC(=O)c1ccc(F)cc1)C(=O)N1CCOCC1. The highest BCUT2D eigenvalue weighted by atomic mass is 32.2. The van der Waals surface area contributed by atoms with Crippen LogP contribution in [0.2, 0.25) is 18.1 Å². The summed E-state index contributed by atoms with van der Waals surface area (Å²) in [4.78, 5) is 27.1. The van der Waals surface area contributed by atoms with Crippen molar-refractivity contribution in [3.63, 3.8) is 0 Å². The molecule has 0 radical (unpaired) electrons. The Hall–Kier alpha value is -1.46. The Balaban J connectivity index is 1.94. The molecule has 0 saturated carbocycles. The number of nitrogens with zero attached hydrogens (tertiary/aromatic N) is 1. The van der Waals surface area contributed by atoms with Crippen LogP contribution in [0.25, 0.3) is 0 Å². The van der Waals surface area contributed by atoms with Crippen LogP contribution in [0.5, 0.6) is 0 Å². The van der Waals surface area contributed by atoms with Gasteiger partial charge in [0.2, 0.25) is 6.23 Å². The summed E-state index contributed by atoms with van der Waals surface area (Å²) >= 11 is 1.09. The normalized spacial score (nSPS) is 16.1. The van der Waals surface area contributed by atoms with E-state index >= 15 is 0 Å². The van der Waals surface area contributed by atoms with Crippen molar-refractivity contribution < 1.29 is 27.3 Å². The van der Waals surface area contributed by atoms with Gasteiger partial charge in [-0.05, 0) is 54.4 Å². The first-order valence-electron chi connectivity index (χ1n) is 10.4. The van der Waals surface area contributed by atoms with E-state index in [4.69, 9.17) is 13.3 Å². The Bertz CT molecular complexity index is 736. The number of carbonyl (C=O) groups is 2. The van der Waals surface area contributed by atoms with Gasteiger partial charge in [0.15, 0.2) is 8.32 Å². The van der Waals surface area contributed by atoms with Crippen molar-refractivity contribution in [2.75, 3.05) is 38.7 Å². The van der Waals surface area contributed by atoms with Crippen LogP contribution in [0.15, 0.2) is 24.3 Å². The Morgan fingerprint density at radius 1 is 1.23 bits per heavy atom. The first-order chi connectivity index (χ1) is 14.5. The topological polar surface area (TPSA) is 77.1 Å². The predicted octanol–water partition coefficient (Wildman–Crippen LogP) is 3.43. The van der Waals surface area contributed by atoms with Gasteiger partial charge in [0.1, 0.15) is 5.82 Å². The van der Waals surface area contributed by atoms with E-state index in [0.717, 1.165) is 12.0 Å². The second kappa shape index (κ2) is 11.4. The zero-order valence-electron chi connectivity index (χ0n) is 18.9. The molecule has 10 heteroatoms. The highest BCUT2D eigenvalue weighted by Gasteiger charge is 2.37. The van der Waals surface area contributed by atoms with Gasteiger partial charge in [-0.25, -0.2) is 4.39 Å². The fraction of sp³-hybridized carbons (Fsp3) is 0.619. The molecule has 0 unspecified atom stereocenters. The second-order valence-corrected chi connectivity index (χ2v) is 14.5. The third-order valence-electron chi connectivity index (χ3n) is 5.52. The molecule has 174 valence electrons. The van der Waals surface area contributed by atoms with Crippen LogP contribution in [0.4, 0.5) is 4.39 Å². The van der Waals surface area contributed by atoms with Crippen LogP contribution in [0, 0.1) is 5.82 Å². The molecule has 1 heterocycles. The standard InChI is InChI=1S/C21H33FN2O5SSi/c1-21(2,3)31(4,5)28-14-15-30-29-19(20(26)24-10-12-27-13-11-24)23-18(25)16-6-8-17(22)9-7-16/h6-9,19H,10-15H2,1-5H3,(H,23,25)/t19-/m0/s1. The maximum Gasteiger partial charge on any atom is 0.273 e. The minimum atomic E-state index is -1.86. The molecule has 31 heavy (non-hydrogen) atoms. The summed E-state index contributed by atoms with van der Waals surface area (Å²) in [7, 11) is -1.86. The van der Waals surface area contributed by atoms with E-state index in [0.29, 0.717) is 38.7 Å². The second-order valence-electron chi connectivity index (χ2n) is 8.83. The minimum absolute atomic E-state index is 0.108. The lowest BCUT2D eigenvalue weighted by molar-refractivity contribution is -0.143. The maximum absolute atomic E-state index is 13.1. The summed E-state index contributed by atoms with van der Waals surface area (Å²) in [5, 5.41) is 2.72. The summed E-state index contributed by atoms with van der Waals surface area (Å²) in [5.41, 5.74) is 0.246. The number of amides is 2. The van der Waals surface area contributed by atoms with Crippen molar-refractivity contribution in [3.8, 4) is 0 Å². The zero-order chi connectivity index (χ0) is 23.1. The van der Waals surface area contributed by atoms with Crippen molar-refractivity contribution in [1.82, 2.24) is 10.2 Å². The minimum Gasteiger partial charge on any atom is -0.416 e. The fourth-order valence-corrected chi connectivity index (χ4v) is 4.25. The smallest absolute Gasteiger partial charge is 0.273 e. The molecular weight excluding hydrogens is 439 g/mol. The van der Waals surface area contributed by atoms with Gasteiger partial charge in [0.05, 0.1) is 13.2 Å². The Morgan fingerprint density at radius 3 is 2.42 bits per heavy atom. The van der Waals surface area contributed by atoms with Crippen molar-refractivity contribution in [3.05, 3.63) is 35.6 Å². The molecule has 0 bridgehead atoms. The summed E-state index contributed by atoms with van der Waals surface area (Å²) in [6, 6.07) is 5.12. The van der Waals surface area contributed by atoms with E-state index in [1.807, 2.05) is 0 Å².